The smallest absolute Gasteiger partial charge is 0.114 e. The van der Waals surface area contributed by atoms with Crippen LogP contribution in [0.25, 0.3) is 0 Å². The molecular formula is C14H20FN. The molecule has 0 saturated carbocycles. The molecule has 1 heterocycles. The summed E-state index contributed by atoms with van der Waals surface area (Å²) < 4.78 is 14.5. The van der Waals surface area contributed by atoms with Crippen LogP contribution in [0.3, 0.4) is 0 Å². The molecular weight excluding hydrogens is 201 g/mol. The lowest BCUT2D eigenvalue weighted by atomic mass is 9.83. The lowest BCUT2D eigenvalue weighted by molar-refractivity contribution is 0.0974. The maximum absolute atomic E-state index is 14.5. The van der Waals surface area contributed by atoms with E-state index in [4.69, 9.17) is 0 Å². The summed E-state index contributed by atoms with van der Waals surface area (Å²) in [5.41, 5.74) is 0.290. The predicted octanol–water partition coefficient (Wildman–Crippen LogP) is 3.27. The molecule has 0 aromatic heterocycles. The third-order valence-corrected chi connectivity index (χ3v) is 3.54. The van der Waals surface area contributed by atoms with E-state index in [0.29, 0.717) is 25.2 Å². The average molecular weight is 221 g/mol. The van der Waals surface area contributed by atoms with Crippen LogP contribution < -0.4 is 5.32 Å². The maximum atomic E-state index is 14.5. The number of piperidine rings is 1. The summed E-state index contributed by atoms with van der Waals surface area (Å²) in [5.74, 6) is 0.310. The molecule has 0 bridgehead atoms. The standard InChI is InChI=1S/C14H20FN/c1-12(13-5-3-2-4-6-13)11-14(15)7-9-16-10-8-14/h2-6,12,16H,7-11H2,1H3/t12-/m1/s1. The number of benzene rings is 1. The number of rotatable bonds is 3. The second-order valence-electron chi connectivity index (χ2n) is 4.92. The fourth-order valence-corrected chi connectivity index (χ4v) is 2.53. The molecule has 0 radical (unpaired) electrons. The highest BCUT2D eigenvalue weighted by Gasteiger charge is 2.33. The molecule has 0 unspecified atom stereocenters. The van der Waals surface area contributed by atoms with Crippen molar-refractivity contribution >= 4 is 0 Å². The van der Waals surface area contributed by atoms with Gasteiger partial charge in [0.2, 0.25) is 0 Å². The first-order valence-electron chi connectivity index (χ1n) is 6.14. The minimum atomic E-state index is -0.958. The van der Waals surface area contributed by atoms with Crippen molar-refractivity contribution < 1.29 is 4.39 Å². The van der Waals surface area contributed by atoms with Gasteiger partial charge in [0, 0.05) is 0 Å². The first kappa shape index (κ1) is 11.6. The minimum absolute atomic E-state index is 0.310. The van der Waals surface area contributed by atoms with E-state index in [0.717, 1.165) is 13.1 Å². The van der Waals surface area contributed by atoms with Gasteiger partial charge in [-0.15, -0.1) is 0 Å². The normalized spacial score (nSPS) is 21.6. The van der Waals surface area contributed by atoms with Crippen molar-refractivity contribution in [1.82, 2.24) is 5.32 Å². The summed E-state index contributed by atoms with van der Waals surface area (Å²) in [5, 5.41) is 3.21. The number of hydrogen-bond acceptors (Lipinski definition) is 1. The number of hydrogen-bond donors (Lipinski definition) is 1. The molecule has 1 atom stereocenters. The molecule has 0 aliphatic carbocycles. The molecule has 1 aromatic carbocycles. The van der Waals surface area contributed by atoms with E-state index >= 15 is 0 Å². The largest absolute Gasteiger partial charge is 0.316 e. The van der Waals surface area contributed by atoms with E-state index in [9.17, 15) is 4.39 Å². The van der Waals surface area contributed by atoms with Crippen LogP contribution in [0.4, 0.5) is 4.39 Å². The van der Waals surface area contributed by atoms with Crippen LogP contribution in [0, 0.1) is 0 Å². The molecule has 1 aliphatic rings. The quantitative estimate of drug-likeness (QED) is 0.826. The Kier molecular flexibility index (Phi) is 3.59. The highest BCUT2D eigenvalue weighted by molar-refractivity contribution is 5.19. The van der Waals surface area contributed by atoms with Crippen LogP contribution in [-0.2, 0) is 0 Å². The Balaban J connectivity index is 1.98. The van der Waals surface area contributed by atoms with Gasteiger partial charge >= 0.3 is 0 Å². The second kappa shape index (κ2) is 4.96. The first-order chi connectivity index (χ1) is 7.70. The van der Waals surface area contributed by atoms with Crippen LogP contribution in [0.5, 0.6) is 0 Å². The summed E-state index contributed by atoms with van der Waals surface area (Å²) in [6.07, 6.45) is 1.97. The van der Waals surface area contributed by atoms with Gasteiger partial charge in [0.05, 0.1) is 0 Å². The summed E-state index contributed by atoms with van der Waals surface area (Å²) in [4.78, 5) is 0. The fourth-order valence-electron chi connectivity index (χ4n) is 2.53. The van der Waals surface area contributed by atoms with Crippen LogP contribution in [0.2, 0.25) is 0 Å². The van der Waals surface area contributed by atoms with Gasteiger partial charge < -0.3 is 5.32 Å². The summed E-state index contributed by atoms with van der Waals surface area (Å²) in [6, 6.07) is 10.2. The van der Waals surface area contributed by atoms with E-state index in [2.05, 4.69) is 24.4 Å². The highest BCUT2D eigenvalue weighted by atomic mass is 19.1. The van der Waals surface area contributed by atoms with Gasteiger partial charge in [0.15, 0.2) is 0 Å². The number of nitrogens with one attached hydrogen (secondary N) is 1. The van der Waals surface area contributed by atoms with Crippen molar-refractivity contribution in [3.63, 3.8) is 0 Å². The van der Waals surface area contributed by atoms with Crippen molar-refractivity contribution in [3.05, 3.63) is 35.9 Å². The molecule has 88 valence electrons. The maximum Gasteiger partial charge on any atom is 0.114 e. The third-order valence-electron chi connectivity index (χ3n) is 3.54. The highest BCUT2D eigenvalue weighted by Crippen LogP contribution is 2.34. The molecule has 0 amide bonds. The minimum Gasteiger partial charge on any atom is -0.316 e. The lowest BCUT2D eigenvalue weighted by Crippen LogP contribution is -2.39. The van der Waals surface area contributed by atoms with Gasteiger partial charge in [-0.3, -0.25) is 0 Å². The molecule has 1 fully saturated rings. The zero-order chi connectivity index (χ0) is 11.4. The van der Waals surface area contributed by atoms with Gasteiger partial charge in [-0.2, -0.15) is 0 Å². The second-order valence-corrected chi connectivity index (χ2v) is 4.92. The van der Waals surface area contributed by atoms with Crippen LogP contribution in [-0.4, -0.2) is 18.8 Å². The fraction of sp³-hybridized carbons (Fsp3) is 0.571. The Labute approximate surface area is 97.1 Å². The number of alkyl halides is 1. The van der Waals surface area contributed by atoms with Crippen molar-refractivity contribution in [3.8, 4) is 0 Å². The van der Waals surface area contributed by atoms with Crippen molar-refractivity contribution in [1.29, 1.82) is 0 Å². The first-order valence-corrected chi connectivity index (χ1v) is 6.14. The molecule has 1 saturated heterocycles. The van der Waals surface area contributed by atoms with Crippen LogP contribution in [0.1, 0.15) is 37.7 Å². The van der Waals surface area contributed by atoms with E-state index in [1.165, 1.54) is 5.56 Å². The molecule has 0 spiro atoms. The molecule has 1 aromatic rings. The third kappa shape index (κ3) is 2.82. The van der Waals surface area contributed by atoms with Crippen molar-refractivity contribution in [2.75, 3.05) is 13.1 Å². The van der Waals surface area contributed by atoms with Gasteiger partial charge in [0.25, 0.3) is 0 Å². The van der Waals surface area contributed by atoms with Crippen molar-refractivity contribution in [2.24, 2.45) is 0 Å². The molecule has 1 nitrogen and oxygen atoms in total. The molecule has 2 rings (SSSR count). The van der Waals surface area contributed by atoms with E-state index in [1.807, 2.05) is 18.2 Å². The topological polar surface area (TPSA) is 12.0 Å². The SMILES string of the molecule is C[C@H](CC1(F)CCNCC1)c1ccccc1. The Morgan fingerprint density at radius 1 is 1.25 bits per heavy atom. The molecule has 1 N–H and O–H groups in total. The van der Waals surface area contributed by atoms with Gasteiger partial charge in [-0.25, -0.2) is 4.39 Å². The van der Waals surface area contributed by atoms with Crippen LogP contribution in [0.15, 0.2) is 30.3 Å². The van der Waals surface area contributed by atoms with E-state index in [-0.39, 0.29) is 0 Å². The van der Waals surface area contributed by atoms with Gasteiger partial charge in [0.1, 0.15) is 5.67 Å². The lowest BCUT2D eigenvalue weighted by Gasteiger charge is -2.32. The van der Waals surface area contributed by atoms with Gasteiger partial charge in [-0.05, 0) is 43.8 Å². The predicted molar refractivity (Wildman–Crippen MR) is 65.4 cm³/mol. The Bertz CT molecular complexity index is 317. The van der Waals surface area contributed by atoms with Crippen LogP contribution >= 0.6 is 0 Å². The molecule has 2 heteroatoms. The Morgan fingerprint density at radius 2 is 1.88 bits per heavy atom. The monoisotopic (exact) mass is 221 g/mol. The summed E-state index contributed by atoms with van der Waals surface area (Å²) in [7, 11) is 0. The Hall–Kier alpha value is -0.890. The number of halogens is 1. The zero-order valence-corrected chi connectivity index (χ0v) is 9.88. The zero-order valence-electron chi connectivity index (χ0n) is 9.88. The van der Waals surface area contributed by atoms with Gasteiger partial charge in [-0.1, -0.05) is 37.3 Å². The summed E-state index contributed by atoms with van der Waals surface area (Å²) in [6.45, 7) is 3.76. The summed E-state index contributed by atoms with van der Waals surface area (Å²) >= 11 is 0. The van der Waals surface area contributed by atoms with E-state index < -0.39 is 5.67 Å². The average Bonchev–Trinajstić information content (AvgIpc) is 2.30. The Morgan fingerprint density at radius 3 is 2.50 bits per heavy atom. The molecule has 1 aliphatic heterocycles. The van der Waals surface area contributed by atoms with Crippen molar-refractivity contribution in [2.45, 2.75) is 37.8 Å². The van der Waals surface area contributed by atoms with E-state index in [1.54, 1.807) is 0 Å². The molecule has 16 heavy (non-hydrogen) atoms.